The van der Waals surface area contributed by atoms with Gasteiger partial charge in [-0.25, -0.2) is 9.97 Å². The van der Waals surface area contributed by atoms with Crippen molar-refractivity contribution in [3.8, 4) is 0 Å². The number of nitrogens with one attached hydrogen (secondary N) is 1. The molecule has 1 N–H and O–H groups in total. The van der Waals surface area contributed by atoms with Crippen LogP contribution in [0.1, 0.15) is 35.7 Å². The zero-order valence-electron chi connectivity index (χ0n) is 13.6. The largest absolute Gasteiger partial charge is 0.366 e. The molecule has 0 spiro atoms. The van der Waals surface area contributed by atoms with Gasteiger partial charge < -0.3 is 10.2 Å². The predicted octanol–water partition coefficient (Wildman–Crippen LogP) is 3.53. The van der Waals surface area contributed by atoms with Crippen molar-refractivity contribution in [3.63, 3.8) is 0 Å². The molecule has 2 aromatic rings. The number of rotatable bonds is 6. The lowest BCUT2D eigenvalue weighted by atomic mass is 10.2. The van der Waals surface area contributed by atoms with Crippen molar-refractivity contribution >= 4 is 23.3 Å². The minimum atomic E-state index is -0.0740. The van der Waals surface area contributed by atoms with Crippen molar-refractivity contribution in [1.29, 1.82) is 0 Å². The van der Waals surface area contributed by atoms with Crippen molar-refractivity contribution in [3.05, 3.63) is 52.4 Å². The van der Waals surface area contributed by atoms with Gasteiger partial charge in [-0.2, -0.15) is 0 Å². The summed E-state index contributed by atoms with van der Waals surface area (Å²) in [4.78, 5) is 22.8. The average molecular weight is 333 g/mol. The number of nitrogens with zero attached hydrogens (tertiary/aromatic N) is 3. The summed E-state index contributed by atoms with van der Waals surface area (Å²) in [6, 6.07) is 9.29. The van der Waals surface area contributed by atoms with Gasteiger partial charge in [0, 0.05) is 30.7 Å². The van der Waals surface area contributed by atoms with E-state index in [1.165, 1.54) is 0 Å². The standard InChI is InChI=1S/C17H21ClN4O/c1-4-22(5-2)17(23)15-10-16(21-12(3)20-15)19-11-13-6-8-14(18)9-7-13/h6-10H,4-5,11H2,1-3H3,(H,19,20,21). The molecule has 6 heteroatoms. The Balaban J connectivity index is 2.13. The summed E-state index contributed by atoms with van der Waals surface area (Å²) < 4.78 is 0. The van der Waals surface area contributed by atoms with Gasteiger partial charge >= 0.3 is 0 Å². The maximum absolute atomic E-state index is 12.4. The summed E-state index contributed by atoms with van der Waals surface area (Å²) in [5.74, 6) is 1.14. The van der Waals surface area contributed by atoms with Gasteiger partial charge in [-0.15, -0.1) is 0 Å². The summed E-state index contributed by atoms with van der Waals surface area (Å²) in [5.41, 5.74) is 1.50. The first-order valence-corrected chi connectivity index (χ1v) is 8.04. The molecule has 0 aliphatic heterocycles. The number of benzene rings is 1. The summed E-state index contributed by atoms with van der Waals surface area (Å²) >= 11 is 5.88. The van der Waals surface area contributed by atoms with Gasteiger partial charge in [0.1, 0.15) is 17.3 Å². The number of hydrogen-bond acceptors (Lipinski definition) is 4. The highest BCUT2D eigenvalue weighted by Gasteiger charge is 2.15. The van der Waals surface area contributed by atoms with Crippen LogP contribution in [0.5, 0.6) is 0 Å². The van der Waals surface area contributed by atoms with E-state index in [2.05, 4.69) is 15.3 Å². The van der Waals surface area contributed by atoms with Crippen LogP contribution in [0, 0.1) is 6.92 Å². The van der Waals surface area contributed by atoms with E-state index in [-0.39, 0.29) is 5.91 Å². The monoisotopic (exact) mass is 332 g/mol. The third-order valence-corrected chi connectivity index (χ3v) is 3.75. The molecule has 23 heavy (non-hydrogen) atoms. The number of hydrogen-bond donors (Lipinski definition) is 1. The first kappa shape index (κ1) is 17.2. The predicted molar refractivity (Wildman–Crippen MR) is 92.8 cm³/mol. The van der Waals surface area contributed by atoms with E-state index in [0.29, 0.717) is 42.0 Å². The smallest absolute Gasteiger partial charge is 0.272 e. The molecule has 0 aliphatic carbocycles. The molecular weight excluding hydrogens is 312 g/mol. The van der Waals surface area contributed by atoms with E-state index in [4.69, 9.17) is 11.6 Å². The normalized spacial score (nSPS) is 10.4. The fourth-order valence-electron chi connectivity index (χ4n) is 2.24. The fourth-order valence-corrected chi connectivity index (χ4v) is 2.36. The minimum absolute atomic E-state index is 0.0740. The molecule has 0 saturated carbocycles. The Bertz CT molecular complexity index is 669. The summed E-state index contributed by atoms with van der Waals surface area (Å²) in [6.07, 6.45) is 0. The van der Waals surface area contributed by atoms with E-state index in [0.717, 1.165) is 5.56 Å². The van der Waals surface area contributed by atoms with E-state index in [9.17, 15) is 4.79 Å². The maximum atomic E-state index is 12.4. The number of amides is 1. The van der Waals surface area contributed by atoms with Gasteiger partial charge in [0.05, 0.1) is 0 Å². The molecule has 0 atom stereocenters. The molecule has 0 fully saturated rings. The lowest BCUT2D eigenvalue weighted by Crippen LogP contribution is -2.31. The molecule has 0 unspecified atom stereocenters. The Kier molecular flexibility index (Phi) is 5.93. The molecule has 0 saturated heterocycles. The molecule has 2 rings (SSSR count). The van der Waals surface area contributed by atoms with Crippen LogP contribution in [0.3, 0.4) is 0 Å². The van der Waals surface area contributed by atoms with Gasteiger partial charge in [-0.3, -0.25) is 4.79 Å². The molecule has 5 nitrogen and oxygen atoms in total. The number of anilines is 1. The summed E-state index contributed by atoms with van der Waals surface area (Å²) in [5, 5.41) is 3.93. The van der Waals surface area contributed by atoms with Gasteiger partial charge in [0.25, 0.3) is 5.91 Å². The molecule has 1 heterocycles. The lowest BCUT2D eigenvalue weighted by molar-refractivity contribution is 0.0766. The topological polar surface area (TPSA) is 58.1 Å². The van der Waals surface area contributed by atoms with Gasteiger partial charge in [0.2, 0.25) is 0 Å². The van der Waals surface area contributed by atoms with Gasteiger partial charge in [-0.05, 0) is 38.5 Å². The van der Waals surface area contributed by atoms with Crippen LogP contribution in [0.4, 0.5) is 5.82 Å². The second kappa shape index (κ2) is 7.92. The van der Waals surface area contributed by atoms with Gasteiger partial charge in [-0.1, -0.05) is 23.7 Å². The number of halogens is 1. The van der Waals surface area contributed by atoms with Gasteiger partial charge in [0.15, 0.2) is 0 Å². The van der Waals surface area contributed by atoms with Crippen LogP contribution in [0.15, 0.2) is 30.3 Å². The van der Waals surface area contributed by atoms with E-state index in [1.54, 1.807) is 17.9 Å². The lowest BCUT2D eigenvalue weighted by Gasteiger charge is -2.18. The number of carbonyl (C=O) groups excluding carboxylic acids is 1. The zero-order valence-corrected chi connectivity index (χ0v) is 14.4. The van der Waals surface area contributed by atoms with Crippen LogP contribution < -0.4 is 5.32 Å². The van der Waals surface area contributed by atoms with E-state index < -0.39 is 0 Å². The van der Waals surface area contributed by atoms with E-state index in [1.807, 2.05) is 38.1 Å². The Labute approximate surface area is 141 Å². The Morgan fingerprint density at radius 2 is 1.83 bits per heavy atom. The number of aryl methyl sites for hydroxylation is 1. The quantitative estimate of drug-likeness (QED) is 0.879. The maximum Gasteiger partial charge on any atom is 0.272 e. The molecule has 1 aromatic heterocycles. The van der Waals surface area contributed by atoms with Crippen LogP contribution >= 0.6 is 11.6 Å². The van der Waals surface area contributed by atoms with Crippen molar-refractivity contribution in [2.45, 2.75) is 27.3 Å². The first-order chi connectivity index (χ1) is 11.0. The van der Waals surface area contributed by atoms with Crippen LogP contribution in [0.25, 0.3) is 0 Å². The molecule has 0 bridgehead atoms. The average Bonchev–Trinajstić information content (AvgIpc) is 2.55. The molecule has 1 aromatic carbocycles. The van der Waals surface area contributed by atoms with Crippen molar-refractivity contribution in [2.75, 3.05) is 18.4 Å². The molecule has 0 aliphatic rings. The highest BCUT2D eigenvalue weighted by molar-refractivity contribution is 6.30. The van der Waals surface area contributed by atoms with E-state index >= 15 is 0 Å². The van der Waals surface area contributed by atoms with Crippen molar-refractivity contribution in [1.82, 2.24) is 14.9 Å². The Hall–Kier alpha value is -2.14. The SMILES string of the molecule is CCN(CC)C(=O)c1cc(NCc2ccc(Cl)cc2)nc(C)n1. The second-order valence-electron chi connectivity index (χ2n) is 5.14. The van der Waals surface area contributed by atoms with Crippen LogP contribution in [-0.2, 0) is 6.54 Å². The highest BCUT2D eigenvalue weighted by Crippen LogP contribution is 2.13. The molecule has 122 valence electrons. The fraction of sp³-hybridized carbons (Fsp3) is 0.353. The highest BCUT2D eigenvalue weighted by atomic mass is 35.5. The third kappa shape index (κ3) is 4.66. The minimum Gasteiger partial charge on any atom is -0.366 e. The zero-order chi connectivity index (χ0) is 16.8. The van der Waals surface area contributed by atoms with Crippen molar-refractivity contribution in [2.24, 2.45) is 0 Å². The molecule has 1 amide bonds. The second-order valence-corrected chi connectivity index (χ2v) is 5.58. The molecule has 0 radical (unpaired) electrons. The van der Waals surface area contributed by atoms with Crippen LogP contribution in [0.2, 0.25) is 5.02 Å². The summed E-state index contributed by atoms with van der Waals surface area (Å²) in [6.45, 7) is 7.61. The van der Waals surface area contributed by atoms with Crippen molar-refractivity contribution < 1.29 is 4.79 Å². The number of aromatic nitrogens is 2. The molecular formula is C17H21ClN4O. The Morgan fingerprint density at radius 1 is 1.17 bits per heavy atom. The van der Waals surface area contributed by atoms with Crippen LogP contribution in [-0.4, -0.2) is 33.9 Å². The summed E-state index contributed by atoms with van der Waals surface area (Å²) in [7, 11) is 0. The Morgan fingerprint density at radius 3 is 2.43 bits per heavy atom. The third-order valence-electron chi connectivity index (χ3n) is 3.49. The first-order valence-electron chi connectivity index (χ1n) is 7.66. The number of carbonyl (C=O) groups is 1.